The quantitative estimate of drug-likeness (QED) is 0.341. The molecule has 0 saturated carbocycles. The molecular formula is C8H8ClNO2. The van der Waals surface area contributed by atoms with Gasteiger partial charge in [-0.15, -0.1) is 11.6 Å². The maximum Gasteiger partial charge on any atom is 0.252 e. The number of carbonyl (C=O) groups is 2. The molecule has 0 aromatic heterocycles. The van der Waals surface area contributed by atoms with Gasteiger partial charge in [0.15, 0.2) is 4.87 Å². The smallest absolute Gasteiger partial charge is 0.252 e. The number of hydrogen-bond acceptors (Lipinski definition) is 2. The zero-order valence-electron chi connectivity index (χ0n) is 6.34. The van der Waals surface area contributed by atoms with Gasteiger partial charge in [-0.2, -0.15) is 0 Å². The predicted molar refractivity (Wildman–Crippen MR) is 43.6 cm³/mol. The Morgan fingerprint density at radius 3 is 3.00 bits per heavy atom. The molecule has 3 nitrogen and oxygen atoms in total. The van der Waals surface area contributed by atoms with Gasteiger partial charge < -0.3 is 0 Å². The van der Waals surface area contributed by atoms with Crippen molar-refractivity contribution in [2.45, 2.75) is 17.7 Å². The van der Waals surface area contributed by atoms with Gasteiger partial charge in [0.2, 0.25) is 5.91 Å². The molecule has 0 bridgehead atoms. The van der Waals surface area contributed by atoms with Gasteiger partial charge in [-0.05, 0) is 12.8 Å². The van der Waals surface area contributed by atoms with Crippen molar-refractivity contribution < 1.29 is 9.59 Å². The number of allylic oxidation sites excluding steroid dienone is 1. The van der Waals surface area contributed by atoms with Crippen molar-refractivity contribution in [2.24, 2.45) is 5.92 Å². The van der Waals surface area contributed by atoms with Gasteiger partial charge in [-0.1, -0.05) is 12.2 Å². The van der Waals surface area contributed by atoms with E-state index in [0.29, 0.717) is 6.42 Å². The molecule has 0 aromatic carbocycles. The van der Waals surface area contributed by atoms with E-state index in [0.717, 1.165) is 6.42 Å². The fourth-order valence-corrected chi connectivity index (χ4v) is 2.04. The normalized spacial score (nSPS) is 39.6. The van der Waals surface area contributed by atoms with E-state index < -0.39 is 4.87 Å². The van der Waals surface area contributed by atoms with E-state index >= 15 is 0 Å². The number of alkyl halides is 1. The van der Waals surface area contributed by atoms with Gasteiger partial charge in [0.05, 0.1) is 5.92 Å². The number of fused-ring (bicyclic) bond motifs is 1. The van der Waals surface area contributed by atoms with E-state index in [9.17, 15) is 9.59 Å². The average molecular weight is 186 g/mol. The topological polar surface area (TPSA) is 46.2 Å². The second kappa shape index (κ2) is 2.33. The molecule has 12 heavy (non-hydrogen) atoms. The molecule has 2 amide bonds. The van der Waals surface area contributed by atoms with Crippen molar-refractivity contribution in [3.8, 4) is 0 Å². The van der Waals surface area contributed by atoms with Crippen LogP contribution in [0.4, 0.5) is 0 Å². The molecule has 2 unspecified atom stereocenters. The van der Waals surface area contributed by atoms with Crippen LogP contribution in [0.5, 0.6) is 0 Å². The molecule has 2 rings (SSSR count). The van der Waals surface area contributed by atoms with Crippen LogP contribution >= 0.6 is 11.6 Å². The van der Waals surface area contributed by atoms with Crippen molar-refractivity contribution in [3.05, 3.63) is 12.2 Å². The van der Waals surface area contributed by atoms with Crippen LogP contribution in [-0.2, 0) is 9.59 Å². The molecule has 0 aromatic rings. The number of carbonyl (C=O) groups excluding carboxylic acids is 2. The number of imide groups is 1. The van der Waals surface area contributed by atoms with Crippen LogP contribution in [0.2, 0.25) is 0 Å². The van der Waals surface area contributed by atoms with Gasteiger partial charge in [-0.3, -0.25) is 14.9 Å². The van der Waals surface area contributed by atoms with Crippen LogP contribution in [0.3, 0.4) is 0 Å². The molecule has 1 aliphatic heterocycles. The summed E-state index contributed by atoms with van der Waals surface area (Å²) in [5, 5.41) is 2.24. The Bertz CT molecular complexity index is 287. The minimum Gasteiger partial charge on any atom is -0.294 e. The third-order valence-electron chi connectivity index (χ3n) is 2.39. The summed E-state index contributed by atoms with van der Waals surface area (Å²) >= 11 is 6.00. The highest BCUT2D eigenvalue weighted by Gasteiger charge is 2.53. The molecule has 1 heterocycles. The number of rotatable bonds is 0. The van der Waals surface area contributed by atoms with E-state index in [1.807, 2.05) is 6.08 Å². The standard InChI is InChI=1S/C8H8ClNO2/c9-8-4-2-1-3-5(8)6(11)10-7(8)12/h2,4-5H,1,3H2,(H,10,11,12). The second-order valence-corrected chi connectivity index (χ2v) is 3.74. The average Bonchev–Trinajstić information content (AvgIpc) is 2.25. The SMILES string of the molecule is O=C1NC(=O)C2(Cl)C=CCCC12. The van der Waals surface area contributed by atoms with Crippen LogP contribution in [0.1, 0.15) is 12.8 Å². The molecule has 2 aliphatic rings. The molecule has 1 saturated heterocycles. The summed E-state index contributed by atoms with van der Waals surface area (Å²) in [5.74, 6) is -0.980. The molecule has 2 atom stereocenters. The van der Waals surface area contributed by atoms with Gasteiger partial charge in [0, 0.05) is 0 Å². The third kappa shape index (κ3) is 0.829. The first-order valence-corrected chi connectivity index (χ1v) is 4.24. The Balaban J connectivity index is 2.44. The first-order chi connectivity index (χ1) is 5.64. The molecule has 1 fully saturated rings. The molecular weight excluding hydrogens is 178 g/mol. The lowest BCUT2D eigenvalue weighted by Crippen LogP contribution is -2.36. The van der Waals surface area contributed by atoms with Gasteiger partial charge in [-0.25, -0.2) is 0 Å². The van der Waals surface area contributed by atoms with Crippen LogP contribution in [0, 0.1) is 5.92 Å². The molecule has 1 aliphatic carbocycles. The van der Waals surface area contributed by atoms with Crippen LogP contribution in [-0.4, -0.2) is 16.7 Å². The Morgan fingerprint density at radius 2 is 2.33 bits per heavy atom. The maximum atomic E-state index is 11.2. The Kier molecular flexibility index (Phi) is 1.51. The van der Waals surface area contributed by atoms with Crippen LogP contribution < -0.4 is 5.32 Å². The molecule has 64 valence electrons. The van der Waals surface area contributed by atoms with Gasteiger partial charge in [0.1, 0.15) is 0 Å². The highest BCUT2D eigenvalue weighted by molar-refractivity contribution is 6.41. The van der Waals surface area contributed by atoms with Crippen molar-refractivity contribution in [3.63, 3.8) is 0 Å². The Labute approximate surface area is 74.8 Å². The Hall–Kier alpha value is -0.830. The first kappa shape index (κ1) is 7.80. The summed E-state index contributed by atoms with van der Waals surface area (Å²) in [6.07, 6.45) is 4.96. The molecule has 4 heteroatoms. The molecule has 0 radical (unpaired) electrons. The van der Waals surface area contributed by atoms with E-state index in [1.165, 1.54) is 0 Å². The van der Waals surface area contributed by atoms with Crippen molar-refractivity contribution in [1.82, 2.24) is 5.32 Å². The van der Waals surface area contributed by atoms with Crippen molar-refractivity contribution >= 4 is 23.4 Å². The molecule has 0 spiro atoms. The number of amides is 2. The molecule has 1 N–H and O–H groups in total. The van der Waals surface area contributed by atoms with Crippen LogP contribution in [0.15, 0.2) is 12.2 Å². The zero-order valence-corrected chi connectivity index (χ0v) is 7.10. The Morgan fingerprint density at radius 1 is 1.58 bits per heavy atom. The zero-order chi connectivity index (χ0) is 8.77. The lowest BCUT2D eigenvalue weighted by atomic mass is 9.85. The van der Waals surface area contributed by atoms with E-state index in [2.05, 4.69) is 5.32 Å². The largest absolute Gasteiger partial charge is 0.294 e. The van der Waals surface area contributed by atoms with Crippen LogP contribution in [0.25, 0.3) is 0 Å². The van der Waals surface area contributed by atoms with E-state index in [4.69, 9.17) is 11.6 Å². The minimum atomic E-state index is -1.09. The van der Waals surface area contributed by atoms with Gasteiger partial charge in [0.25, 0.3) is 5.91 Å². The summed E-state index contributed by atoms with van der Waals surface area (Å²) < 4.78 is 0. The first-order valence-electron chi connectivity index (χ1n) is 3.86. The third-order valence-corrected chi connectivity index (χ3v) is 2.95. The fraction of sp³-hybridized carbons (Fsp3) is 0.500. The van der Waals surface area contributed by atoms with Crippen molar-refractivity contribution in [1.29, 1.82) is 0 Å². The minimum absolute atomic E-state index is 0.237. The summed E-state index contributed by atoms with van der Waals surface area (Å²) in [5.41, 5.74) is 0. The summed E-state index contributed by atoms with van der Waals surface area (Å²) in [6, 6.07) is 0. The summed E-state index contributed by atoms with van der Waals surface area (Å²) in [7, 11) is 0. The van der Waals surface area contributed by atoms with E-state index in [1.54, 1.807) is 6.08 Å². The highest BCUT2D eigenvalue weighted by atomic mass is 35.5. The number of nitrogens with one attached hydrogen (secondary N) is 1. The lowest BCUT2D eigenvalue weighted by Gasteiger charge is -2.23. The lowest BCUT2D eigenvalue weighted by molar-refractivity contribution is -0.125. The maximum absolute atomic E-state index is 11.2. The van der Waals surface area contributed by atoms with Crippen molar-refractivity contribution in [2.75, 3.05) is 0 Å². The summed E-state index contributed by atoms with van der Waals surface area (Å²) in [4.78, 5) is 21.3. The fourth-order valence-electron chi connectivity index (χ4n) is 1.69. The number of hydrogen-bond donors (Lipinski definition) is 1. The predicted octanol–water partition coefficient (Wildman–Crippen LogP) is 0.587. The second-order valence-electron chi connectivity index (χ2n) is 3.12. The van der Waals surface area contributed by atoms with Gasteiger partial charge >= 0.3 is 0 Å². The summed E-state index contributed by atoms with van der Waals surface area (Å²) in [6.45, 7) is 0. The highest BCUT2D eigenvalue weighted by Crippen LogP contribution is 2.38. The number of halogens is 1. The monoisotopic (exact) mass is 185 g/mol. The van der Waals surface area contributed by atoms with E-state index in [-0.39, 0.29) is 17.7 Å².